The van der Waals surface area contributed by atoms with Crippen LogP contribution in [0.1, 0.15) is 46.1 Å². The van der Waals surface area contributed by atoms with E-state index < -0.39 is 5.63 Å². The van der Waals surface area contributed by atoms with Crippen LogP contribution in [0.4, 0.5) is 0 Å². The second-order valence-electron chi connectivity index (χ2n) is 6.89. The number of aromatic nitrogens is 1. The highest BCUT2D eigenvalue weighted by Crippen LogP contribution is 2.24. The number of aryl methyl sites for hydroxylation is 1. The van der Waals surface area contributed by atoms with Gasteiger partial charge in [-0.15, -0.1) is 0 Å². The molecule has 1 amide bonds. The molecule has 3 heterocycles. The number of amides is 1. The minimum Gasteiger partial charge on any atom is -0.497 e. The number of hydrogen-bond donors (Lipinski definition) is 1. The first-order valence-corrected chi connectivity index (χ1v) is 9.09. The van der Waals surface area contributed by atoms with E-state index in [1.54, 1.807) is 39.4 Å². The van der Waals surface area contributed by atoms with Crippen molar-refractivity contribution in [3.63, 3.8) is 0 Å². The van der Waals surface area contributed by atoms with Crippen molar-refractivity contribution in [1.29, 1.82) is 0 Å². The summed E-state index contributed by atoms with van der Waals surface area (Å²) in [7, 11) is 3.22. The Kier molecular flexibility index (Phi) is 5.91. The first kappa shape index (κ1) is 19.1. The van der Waals surface area contributed by atoms with E-state index in [4.69, 9.17) is 9.15 Å². The van der Waals surface area contributed by atoms with Gasteiger partial charge in [-0.25, -0.2) is 4.79 Å². The Balaban J connectivity index is 1.80. The molecule has 1 N–H and O–H groups in total. The van der Waals surface area contributed by atoms with Gasteiger partial charge in [-0.05, 0) is 44.0 Å². The van der Waals surface area contributed by atoms with E-state index >= 15 is 0 Å². The quantitative estimate of drug-likeness (QED) is 0.866. The molecule has 27 heavy (non-hydrogen) atoms. The summed E-state index contributed by atoms with van der Waals surface area (Å²) in [6.45, 7) is 3.82. The van der Waals surface area contributed by atoms with Gasteiger partial charge in [-0.3, -0.25) is 9.78 Å². The number of carbonyl (C=O) groups excluding carboxylic acids is 1. The van der Waals surface area contributed by atoms with Gasteiger partial charge in [-0.1, -0.05) is 0 Å². The molecule has 1 aliphatic heterocycles. The zero-order valence-corrected chi connectivity index (χ0v) is 15.9. The van der Waals surface area contributed by atoms with E-state index in [-0.39, 0.29) is 23.9 Å². The number of hydrogen-bond acceptors (Lipinski definition) is 6. The second-order valence-corrected chi connectivity index (χ2v) is 6.89. The van der Waals surface area contributed by atoms with Crippen molar-refractivity contribution in [1.82, 2.24) is 15.2 Å². The molecule has 1 saturated heterocycles. The summed E-state index contributed by atoms with van der Waals surface area (Å²) in [6.07, 6.45) is 3.65. The van der Waals surface area contributed by atoms with E-state index in [1.807, 2.05) is 6.07 Å². The number of methoxy groups -OCH3 is 1. The Morgan fingerprint density at radius 3 is 2.93 bits per heavy atom. The smallest absolute Gasteiger partial charge is 0.349 e. The Bertz CT molecular complexity index is 872. The summed E-state index contributed by atoms with van der Waals surface area (Å²) in [5.74, 6) is 1.12. The largest absolute Gasteiger partial charge is 0.497 e. The Hall–Kier alpha value is -2.67. The van der Waals surface area contributed by atoms with Gasteiger partial charge in [0.25, 0.3) is 5.91 Å². The number of pyridine rings is 1. The van der Waals surface area contributed by atoms with E-state index in [9.17, 15) is 9.59 Å². The average molecular weight is 371 g/mol. The lowest BCUT2D eigenvalue weighted by Gasteiger charge is -2.22. The zero-order valence-electron chi connectivity index (χ0n) is 15.9. The van der Waals surface area contributed by atoms with Crippen LogP contribution in [-0.2, 0) is 6.54 Å². The van der Waals surface area contributed by atoms with Crippen molar-refractivity contribution in [2.24, 2.45) is 0 Å². The molecule has 1 unspecified atom stereocenters. The maximum Gasteiger partial charge on any atom is 0.349 e. The molecule has 0 spiro atoms. The molecular weight excluding hydrogens is 346 g/mol. The van der Waals surface area contributed by atoms with Gasteiger partial charge in [0, 0.05) is 31.8 Å². The van der Waals surface area contributed by atoms with Crippen LogP contribution in [0.3, 0.4) is 0 Å². The molecule has 7 heteroatoms. The number of ether oxygens (including phenoxy) is 1. The molecule has 0 saturated carbocycles. The third kappa shape index (κ3) is 4.36. The molecule has 0 radical (unpaired) electrons. The molecule has 0 bridgehead atoms. The van der Waals surface area contributed by atoms with E-state index in [2.05, 4.69) is 10.3 Å². The van der Waals surface area contributed by atoms with Gasteiger partial charge in [0.15, 0.2) is 0 Å². The highest BCUT2D eigenvalue weighted by Gasteiger charge is 2.24. The van der Waals surface area contributed by atoms with E-state index in [1.165, 1.54) is 4.90 Å². The van der Waals surface area contributed by atoms with Crippen LogP contribution >= 0.6 is 0 Å². The molecule has 0 aromatic carbocycles. The molecule has 1 aliphatic rings. The molecule has 2 aromatic heterocycles. The summed E-state index contributed by atoms with van der Waals surface area (Å²) in [6, 6.07) is 5.32. The van der Waals surface area contributed by atoms with Crippen LogP contribution in [0.2, 0.25) is 0 Å². The third-order valence-corrected chi connectivity index (χ3v) is 4.85. The topological polar surface area (TPSA) is 84.7 Å². The number of carbonyl (C=O) groups is 1. The van der Waals surface area contributed by atoms with Crippen LogP contribution in [0, 0.1) is 6.92 Å². The van der Waals surface area contributed by atoms with Gasteiger partial charge in [-0.2, -0.15) is 0 Å². The summed E-state index contributed by atoms with van der Waals surface area (Å²) in [5, 5.41) is 3.31. The van der Waals surface area contributed by atoms with Crippen LogP contribution < -0.4 is 15.7 Å². The molecule has 3 rings (SSSR count). The zero-order chi connectivity index (χ0) is 19.4. The molecule has 144 valence electrons. The van der Waals surface area contributed by atoms with Crippen molar-refractivity contribution in [2.75, 3.05) is 27.2 Å². The Morgan fingerprint density at radius 2 is 2.26 bits per heavy atom. The molecule has 1 atom stereocenters. The summed E-state index contributed by atoms with van der Waals surface area (Å²) in [5.41, 5.74) is 0.818. The highest BCUT2D eigenvalue weighted by molar-refractivity contribution is 5.94. The lowest BCUT2D eigenvalue weighted by molar-refractivity contribution is 0.0777. The summed E-state index contributed by atoms with van der Waals surface area (Å²) in [4.78, 5) is 31.1. The maximum absolute atomic E-state index is 12.8. The molecule has 7 nitrogen and oxygen atoms in total. The monoisotopic (exact) mass is 371 g/mol. The SMILES string of the molecule is COc1ccnc(CN(C)C(=O)c2c(C)cc(C3CCCNC3)oc2=O)c1. The van der Waals surface area contributed by atoms with Crippen molar-refractivity contribution in [3.8, 4) is 5.75 Å². The molecule has 0 aliphatic carbocycles. The van der Waals surface area contributed by atoms with Gasteiger partial charge in [0.2, 0.25) is 0 Å². The minimum atomic E-state index is -0.578. The van der Waals surface area contributed by atoms with Crippen molar-refractivity contribution in [2.45, 2.75) is 32.2 Å². The van der Waals surface area contributed by atoms with Crippen molar-refractivity contribution < 1.29 is 13.9 Å². The lowest BCUT2D eigenvalue weighted by Crippen LogP contribution is -2.33. The fourth-order valence-electron chi connectivity index (χ4n) is 3.36. The Morgan fingerprint density at radius 1 is 1.44 bits per heavy atom. The van der Waals surface area contributed by atoms with Crippen LogP contribution in [0.15, 0.2) is 33.6 Å². The van der Waals surface area contributed by atoms with Gasteiger partial charge < -0.3 is 19.4 Å². The Labute approximate surface area is 158 Å². The summed E-state index contributed by atoms with van der Waals surface area (Å²) >= 11 is 0. The average Bonchev–Trinajstić information content (AvgIpc) is 2.68. The third-order valence-electron chi connectivity index (χ3n) is 4.85. The lowest BCUT2D eigenvalue weighted by atomic mass is 9.95. The number of nitrogens with zero attached hydrogens (tertiary/aromatic N) is 2. The minimum absolute atomic E-state index is 0.0768. The fraction of sp³-hybridized carbons (Fsp3) is 0.450. The van der Waals surface area contributed by atoms with Gasteiger partial charge in [0.1, 0.15) is 17.1 Å². The maximum atomic E-state index is 12.8. The first-order valence-electron chi connectivity index (χ1n) is 9.09. The van der Waals surface area contributed by atoms with Crippen LogP contribution in [-0.4, -0.2) is 43.0 Å². The molecule has 2 aromatic rings. The van der Waals surface area contributed by atoms with Crippen molar-refractivity contribution >= 4 is 5.91 Å². The van der Waals surface area contributed by atoms with E-state index in [0.717, 1.165) is 25.9 Å². The summed E-state index contributed by atoms with van der Waals surface area (Å²) < 4.78 is 10.7. The number of piperidine rings is 1. The van der Waals surface area contributed by atoms with Crippen LogP contribution in [0.25, 0.3) is 0 Å². The fourth-order valence-corrected chi connectivity index (χ4v) is 3.36. The second kappa shape index (κ2) is 8.35. The normalized spacial score (nSPS) is 16.8. The van der Waals surface area contributed by atoms with Crippen LogP contribution in [0.5, 0.6) is 5.75 Å². The molecule has 1 fully saturated rings. The predicted octanol–water partition coefficient (Wildman–Crippen LogP) is 2.09. The standard InChI is InChI=1S/C20H25N3O4/c1-13-9-17(14-5-4-7-21-11-14)27-20(25)18(13)19(24)23(2)12-15-10-16(26-3)6-8-22-15/h6,8-10,14,21H,4-5,7,11-12H2,1-3H3. The highest BCUT2D eigenvalue weighted by atomic mass is 16.5. The molecular formula is C20H25N3O4. The number of nitrogens with one attached hydrogen (secondary N) is 1. The van der Waals surface area contributed by atoms with Gasteiger partial charge in [0.05, 0.1) is 19.3 Å². The first-order chi connectivity index (χ1) is 13.0. The predicted molar refractivity (Wildman–Crippen MR) is 101 cm³/mol. The van der Waals surface area contributed by atoms with Gasteiger partial charge >= 0.3 is 5.63 Å². The number of rotatable bonds is 5. The van der Waals surface area contributed by atoms with Crippen molar-refractivity contribution in [3.05, 3.63) is 57.4 Å². The van der Waals surface area contributed by atoms with E-state index in [0.29, 0.717) is 22.8 Å².